The van der Waals surface area contributed by atoms with Crippen LogP contribution in [0, 0.1) is 0 Å². The van der Waals surface area contributed by atoms with Crippen LogP contribution in [0.15, 0.2) is 53.4 Å². The topological polar surface area (TPSA) is 66.5 Å². The molecule has 0 bridgehead atoms. The van der Waals surface area contributed by atoms with Crippen molar-refractivity contribution in [2.45, 2.75) is 43.5 Å². The van der Waals surface area contributed by atoms with Gasteiger partial charge in [-0.05, 0) is 61.4 Å². The highest BCUT2D eigenvalue weighted by Gasteiger charge is 2.23. The summed E-state index contributed by atoms with van der Waals surface area (Å²) in [5.74, 6) is -0.317. The molecule has 0 aromatic heterocycles. The number of likely N-dealkylation sites (N-methyl/N-ethyl adjacent to an activating group) is 1. The van der Waals surface area contributed by atoms with Crippen LogP contribution in [0.3, 0.4) is 0 Å². The van der Waals surface area contributed by atoms with Crippen molar-refractivity contribution in [1.29, 1.82) is 0 Å². The third-order valence-corrected chi connectivity index (χ3v) is 6.89. The highest BCUT2D eigenvalue weighted by Crippen LogP contribution is 2.24. The lowest BCUT2D eigenvalue weighted by Gasteiger charge is -2.21. The molecule has 1 N–H and O–H groups in total. The van der Waals surface area contributed by atoms with Gasteiger partial charge in [0.05, 0.1) is 17.5 Å². The molecule has 1 aliphatic carbocycles. The minimum atomic E-state index is -3.67. The predicted octanol–water partition coefficient (Wildman–Crippen LogP) is 3.06. The van der Waals surface area contributed by atoms with E-state index >= 15 is 0 Å². The molecule has 1 aliphatic rings. The number of nitrogens with one attached hydrogen (secondary N) is 1. The zero-order valence-electron chi connectivity index (χ0n) is 15.8. The summed E-state index contributed by atoms with van der Waals surface area (Å²) in [6.07, 6.45) is 4.65. The Balaban J connectivity index is 1.63. The Morgan fingerprint density at radius 3 is 2.44 bits per heavy atom. The van der Waals surface area contributed by atoms with Gasteiger partial charge in [0.25, 0.3) is 0 Å². The lowest BCUT2D eigenvalue weighted by Crippen LogP contribution is -2.39. The Hall–Kier alpha value is -2.18. The maximum Gasteiger partial charge on any atom is 0.243 e. The van der Waals surface area contributed by atoms with Crippen molar-refractivity contribution < 1.29 is 13.2 Å². The number of fused-ring (bicyclic) bond motifs is 1. The molecule has 144 valence electrons. The van der Waals surface area contributed by atoms with E-state index in [0.29, 0.717) is 0 Å². The summed E-state index contributed by atoms with van der Waals surface area (Å²) in [6.45, 7) is 1.71. The van der Waals surface area contributed by atoms with Crippen LogP contribution in [-0.4, -0.2) is 32.2 Å². The number of carbonyl (C=O) groups excluding carboxylic acids is 1. The van der Waals surface area contributed by atoms with E-state index in [9.17, 15) is 13.2 Å². The van der Waals surface area contributed by atoms with E-state index in [1.165, 1.54) is 43.1 Å². The fourth-order valence-corrected chi connectivity index (χ4v) is 4.60. The molecule has 2 aromatic rings. The van der Waals surface area contributed by atoms with Crippen molar-refractivity contribution in [3.8, 4) is 0 Å². The van der Waals surface area contributed by atoms with Gasteiger partial charge < -0.3 is 5.32 Å². The minimum Gasteiger partial charge on any atom is -0.348 e. The molecule has 0 heterocycles. The van der Waals surface area contributed by atoms with Crippen molar-refractivity contribution in [2.75, 3.05) is 13.6 Å². The van der Waals surface area contributed by atoms with Crippen molar-refractivity contribution in [3.63, 3.8) is 0 Å². The number of sulfonamides is 1. The molecule has 0 radical (unpaired) electrons. The van der Waals surface area contributed by atoms with Crippen LogP contribution < -0.4 is 5.32 Å². The van der Waals surface area contributed by atoms with E-state index in [4.69, 9.17) is 0 Å². The van der Waals surface area contributed by atoms with E-state index in [0.717, 1.165) is 22.7 Å². The molecular weight excluding hydrogens is 360 g/mol. The summed E-state index contributed by atoms with van der Waals surface area (Å²) in [6, 6.07) is 14.3. The summed E-state index contributed by atoms with van der Waals surface area (Å²) in [7, 11) is -2.25. The fraction of sp³-hybridized carbons (Fsp3) is 0.381. The third kappa shape index (κ3) is 4.57. The standard InChI is InChI=1S/C21H26N2O3S/c1-16(18-13-12-17-8-6-7-9-19(17)14-18)22-21(24)15-23(2)27(25,26)20-10-4-3-5-11-20/h3-5,10-14,16H,6-9,15H2,1-2H3,(H,22,24)/t16-/m0/s1. The summed E-state index contributed by atoms with van der Waals surface area (Å²) < 4.78 is 26.1. The van der Waals surface area contributed by atoms with Gasteiger partial charge in [-0.15, -0.1) is 0 Å². The highest BCUT2D eigenvalue weighted by molar-refractivity contribution is 7.89. The first-order valence-electron chi connectivity index (χ1n) is 9.30. The van der Waals surface area contributed by atoms with Crippen molar-refractivity contribution >= 4 is 15.9 Å². The molecule has 1 atom stereocenters. The predicted molar refractivity (Wildman–Crippen MR) is 106 cm³/mol. The molecule has 5 nitrogen and oxygen atoms in total. The zero-order valence-corrected chi connectivity index (χ0v) is 16.6. The van der Waals surface area contributed by atoms with Crippen LogP contribution in [0.1, 0.15) is 42.5 Å². The fourth-order valence-electron chi connectivity index (χ4n) is 3.45. The van der Waals surface area contributed by atoms with Gasteiger partial charge in [0.1, 0.15) is 0 Å². The summed E-state index contributed by atoms with van der Waals surface area (Å²) in [5, 5.41) is 2.91. The normalized spacial score (nSPS) is 15.2. The SMILES string of the molecule is C[C@H](NC(=O)CN(C)S(=O)(=O)c1ccccc1)c1ccc2c(c1)CCCC2. The van der Waals surface area contributed by atoms with Crippen LogP contribution in [0.2, 0.25) is 0 Å². The number of benzene rings is 2. The average molecular weight is 387 g/mol. The molecule has 27 heavy (non-hydrogen) atoms. The zero-order chi connectivity index (χ0) is 19.4. The van der Waals surface area contributed by atoms with Crippen molar-refractivity contribution in [1.82, 2.24) is 9.62 Å². The number of nitrogens with zero attached hydrogens (tertiary/aromatic N) is 1. The van der Waals surface area contributed by atoms with Crippen LogP contribution in [0.25, 0.3) is 0 Å². The quantitative estimate of drug-likeness (QED) is 0.830. The number of carbonyl (C=O) groups is 1. The lowest BCUT2D eigenvalue weighted by molar-refractivity contribution is -0.121. The van der Waals surface area contributed by atoms with Gasteiger partial charge in [0.2, 0.25) is 15.9 Å². The molecule has 0 saturated carbocycles. The van der Waals surface area contributed by atoms with Gasteiger partial charge in [-0.25, -0.2) is 8.42 Å². The van der Waals surface area contributed by atoms with E-state index in [1.807, 2.05) is 6.92 Å². The van der Waals surface area contributed by atoms with Crippen LogP contribution in [0.4, 0.5) is 0 Å². The monoisotopic (exact) mass is 386 g/mol. The van der Waals surface area contributed by atoms with Crippen molar-refractivity contribution in [3.05, 3.63) is 65.2 Å². The maximum absolute atomic E-state index is 12.5. The third-order valence-electron chi connectivity index (χ3n) is 5.07. The van der Waals surface area contributed by atoms with Crippen LogP contribution in [0.5, 0.6) is 0 Å². The first kappa shape index (κ1) is 19.6. The number of hydrogen-bond acceptors (Lipinski definition) is 3. The second-order valence-corrected chi connectivity index (χ2v) is 9.14. The van der Waals surface area contributed by atoms with Gasteiger partial charge in [-0.1, -0.05) is 36.4 Å². The summed E-state index contributed by atoms with van der Waals surface area (Å²) in [5.41, 5.74) is 3.82. The second kappa shape index (κ2) is 8.23. The van der Waals surface area contributed by atoms with Gasteiger partial charge in [-0.2, -0.15) is 4.31 Å². The molecule has 2 aromatic carbocycles. The first-order valence-corrected chi connectivity index (χ1v) is 10.7. The smallest absolute Gasteiger partial charge is 0.243 e. The lowest BCUT2D eigenvalue weighted by atomic mass is 9.89. The number of rotatable bonds is 6. The molecule has 1 amide bonds. The second-order valence-electron chi connectivity index (χ2n) is 7.10. The molecule has 3 rings (SSSR count). The van der Waals surface area contributed by atoms with E-state index in [1.54, 1.807) is 18.2 Å². The molecule has 0 spiro atoms. The largest absolute Gasteiger partial charge is 0.348 e. The van der Waals surface area contributed by atoms with E-state index < -0.39 is 10.0 Å². The Labute approximate surface area is 161 Å². The van der Waals surface area contributed by atoms with Crippen LogP contribution >= 0.6 is 0 Å². The number of hydrogen-bond donors (Lipinski definition) is 1. The average Bonchev–Trinajstić information content (AvgIpc) is 2.68. The van der Waals surface area contributed by atoms with Crippen LogP contribution in [-0.2, 0) is 27.7 Å². The summed E-state index contributed by atoms with van der Waals surface area (Å²) >= 11 is 0. The van der Waals surface area contributed by atoms with Crippen molar-refractivity contribution in [2.24, 2.45) is 0 Å². The molecular formula is C21H26N2O3S. The van der Waals surface area contributed by atoms with Gasteiger partial charge in [0.15, 0.2) is 0 Å². The van der Waals surface area contributed by atoms with E-state index in [2.05, 4.69) is 23.5 Å². The molecule has 0 aliphatic heterocycles. The molecule has 6 heteroatoms. The molecule has 0 saturated heterocycles. The van der Waals surface area contributed by atoms with Gasteiger partial charge >= 0.3 is 0 Å². The Morgan fingerprint density at radius 2 is 1.74 bits per heavy atom. The van der Waals surface area contributed by atoms with Gasteiger partial charge in [0, 0.05) is 7.05 Å². The van der Waals surface area contributed by atoms with Gasteiger partial charge in [-0.3, -0.25) is 4.79 Å². The molecule has 0 unspecified atom stereocenters. The van der Waals surface area contributed by atoms with E-state index in [-0.39, 0.29) is 23.4 Å². The Morgan fingerprint density at radius 1 is 1.07 bits per heavy atom. The number of aryl methyl sites for hydroxylation is 2. The maximum atomic E-state index is 12.5. The summed E-state index contributed by atoms with van der Waals surface area (Å²) in [4.78, 5) is 12.6. The Kier molecular flexibility index (Phi) is 5.97. The Bertz CT molecular complexity index is 910. The minimum absolute atomic E-state index is 0.169. The number of amides is 1. The first-order chi connectivity index (χ1) is 12.9. The highest BCUT2D eigenvalue weighted by atomic mass is 32.2. The molecule has 0 fully saturated rings.